The van der Waals surface area contributed by atoms with Crippen LogP contribution in [0.5, 0.6) is 5.75 Å². The molecule has 1 aromatic rings. The zero-order valence-electron chi connectivity index (χ0n) is 23.2. The molecule has 1 aromatic carbocycles. The van der Waals surface area contributed by atoms with Crippen LogP contribution in [0.3, 0.4) is 0 Å². The smallest absolute Gasteiger partial charge is 0.397 e. The predicted molar refractivity (Wildman–Crippen MR) is 141 cm³/mol. The van der Waals surface area contributed by atoms with Crippen molar-refractivity contribution in [3.05, 3.63) is 45.4 Å². The van der Waals surface area contributed by atoms with Crippen LogP contribution in [0.15, 0.2) is 28.7 Å². The average Bonchev–Trinajstić information content (AvgIpc) is 2.84. The quantitative estimate of drug-likeness (QED) is 0.255. The van der Waals surface area contributed by atoms with Crippen molar-refractivity contribution in [3.63, 3.8) is 0 Å². The number of rotatable bonds is 6. The second-order valence-electron chi connectivity index (χ2n) is 11.2. The first kappa shape index (κ1) is 30.8. The van der Waals surface area contributed by atoms with Crippen molar-refractivity contribution in [3.8, 4) is 5.75 Å². The molecule has 0 aromatic heterocycles. The van der Waals surface area contributed by atoms with Gasteiger partial charge in [-0.25, -0.2) is 0 Å². The van der Waals surface area contributed by atoms with Crippen molar-refractivity contribution in [1.29, 1.82) is 0 Å². The molecule has 3 aliphatic carbocycles. The number of alkyl halides is 3. The second kappa shape index (κ2) is 10.3. The van der Waals surface area contributed by atoms with E-state index in [1.54, 1.807) is 19.0 Å². The lowest BCUT2D eigenvalue weighted by atomic mass is 9.58. The average molecular weight is 597 g/mol. The summed E-state index contributed by atoms with van der Waals surface area (Å²) < 4.78 is 37.8. The van der Waals surface area contributed by atoms with Gasteiger partial charge < -0.3 is 36.4 Å². The Morgan fingerprint density at radius 2 is 1.76 bits per heavy atom. The largest absolute Gasteiger partial charge is 0.510 e. The standard InChI is InChI=1S/C27H31F3N4O8/c1-33(2)14-7-11(9-32-15(35)8-26(28,29)30)20(36)17-12(14)5-10-6-13-19(34(3)4)22(38)18(25(31)41)24(40)27(13,42)23(39)16(10)21(17)37/h7,10,13,19,36,38-39,42H,5-6,8-9H2,1-4H3,(H2,31,41)(H,32,35)/t10-,13-,19-,27-/m0/s1. The minimum Gasteiger partial charge on any atom is -0.510 e. The first-order valence-electron chi connectivity index (χ1n) is 12.9. The number of fused-ring (bicyclic) bond motifs is 3. The molecular formula is C27H31F3N4O8. The van der Waals surface area contributed by atoms with Gasteiger partial charge in [-0.1, -0.05) is 0 Å². The van der Waals surface area contributed by atoms with Crippen LogP contribution in [-0.4, -0.2) is 94.7 Å². The fourth-order valence-electron chi connectivity index (χ4n) is 6.33. The molecule has 0 radical (unpaired) electrons. The number of ketones is 2. The number of nitrogens with one attached hydrogen (secondary N) is 1. The van der Waals surface area contributed by atoms with E-state index in [-0.39, 0.29) is 24.0 Å². The number of primary amides is 1. The summed E-state index contributed by atoms with van der Waals surface area (Å²) in [5.74, 6) is -9.41. The number of phenols is 1. The van der Waals surface area contributed by atoms with Crippen molar-refractivity contribution < 1.29 is 52.8 Å². The van der Waals surface area contributed by atoms with E-state index in [0.717, 1.165) is 0 Å². The number of aliphatic hydroxyl groups excluding tert-OH is 2. The van der Waals surface area contributed by atoms with Crippen LogP contribution >= 0.6 is 0 Å². The van der Waals surface area contributed by atoms with Gasteiger partial charge in [0.25, 0.3) is 5.91 Å². The Labute approximate surface area is 237 Å². The zero-order chi connectivity index (χ0) is 31.6. The maximum Gasteiger partial charge on any atom is 0.397 e. The number of halogens is 3. The summed E-state index contributed by atoms with van der Waals surface area (Å²) in [4.78, 5) is 54.2. The van der Waals surface area contributed by atoms with E-state index in [1.165, 1.54) is 25.1 Å². The topological polar surface area (TPSA) is 194 Å². The van der Waals surface area contributed by atoms with E-state index in [1.807, 2.05) is 0 Å². The van der Waals surface area contributed by atoms with Crippen LogP contribution in [0.4, 0.5) is 18.9 Å². The number of amides is 2. The van der Waals surface area contributed by atoms with Gasteiger partial charge in [0.05, 0.1) is 11.6 Å². The Morgan fingerprint density at radius 3 is 2.29 bits per heavy atom. The number of allylic oxidation sites excluding steroid dienone is 1. The lowest BCUT2D eigenvalue weighted by Gasteiger charge is -2.50. The number of nitrogens with two attached hydrogens (primary N) is 1. The van der Waals surface area contributed by atoms with Crippen LogP contribution in [-0.2, 0) is 27.3 Å². The molecule has 228 valence electrons. The molecule has 15 heteroatoms. The Hall–Kier alpha value is -4.11. The van der Waals surface area contributed by atoms with Gasteiger partial charge in [-0.15, -0.1) is 0 Å². The van der Waals surface area contributed by atoms with Crippen molar-refractivity contribution in [1.82, 2.24) is 10.2 Å². The van der Waals surface area contributed by atoms with E-state index >= 15 is 0 Å². The second-order valence-corrected chi connectivity index (χ2v) is 11.2. The summed E-state index contributed by atoms with van der Waals surface area (Å²) in [5.41, 5.74) is 1.53. The molecule has 0 saturated carbocycles. The third kappa shape index (κ3) is 4.75. The number of hydrogen-bond acceptors (Lipinski definition) is 10. The molecule has 4 rings (SSSR count). The molecule has 0 bridgehead atoms. The van der Waals surface area contributed by atoms with Crippen LogP contribution in [0, 0.1) is 11.8 Å². The molecule has 7 N–H and O–H groups in total. The molecule has 0 heterocycles. The highest BCUT2D eigenvalue weighted by Gasteiger charge is 2.63. The Balaban J connectivity index is 1.86. The van der Waals surface area contributed by atoms with Gasteiger partial charge in [-0.3, -0.25) is 24.1 Å². The fraction of sp³-hybridized carbons (Fsp3) is 0.481. The van der Waals surface area contributed by atoms with Gasteiger partial charge in [0, 0.05) is 43.4 Å². The van der Waals surface area contributed by atoms with Gasteiger partial charge in [-0.05, 0) is 44.5 Å². The molecule has 42 heavy (non-hydrogen) atoms. The zero-order valence-corrected chi connectivity index (χ0v) is 23.2. The number of carbonyl (C=O) groups excluding carboxylic acids is 4. The van der Waals surface area contributed by atoms with E-state index in [9.17, 15) is 52.8 Å². The van der Waals surface area contributed by atoms with Gasteiger partial charge in [0.15, 0.2) is 11.4 Å². The molecule has 4 atom stereocenters. The summed E-state index contributed by atoms with van der Waals surface area (Å²) >= 11 is 0. The summed E-state index contributed by atoms with van der Waals surface area (Å²) in [5, 5.41) is 47.1. The van der Waals surface area contributed by atoms with Crippen LogP contribution in [0.25, 0.3) is 0 Å². The third-order valence-electron chi connectivity index (χ3n) is 8.10. The number of aromatic hydroxyl groups is 1. The molecule has 0 aliphatic heterocycles. The van der Waals surface area contributed by atoms with Gasteiger partial charge in [-0.2, -0.15) is 13.2 Å². The predicted octanol–water partition coefficient (Wildman–Crippen LogP) is 0.755. The molecule has 0 fully saturated rings. The highest BCUT2D eigenvalue weighted by molar-refractivity contribution is 6.25. The fourth-order valence-corrected chi connectivity index (χ4v) is 6.33. The van der Waals surface area contributed by atoms with E-state index in [0.29, 0.717) is 11.3 Å². The molecule has 0 unspecified atom stereocenters. The van der Waals surface area contributed by atoms with E-state index in [4.69, 9.17) is 5.73 Å². The van der Waals surface area contributed by atoms with Crippen molar-refractivity contribution in [2.45, 2.75) is 43.6 Å². The first-order chi connectivity index (χ1) is 19.3. The third-order valence-corrected chi connectivity index (χ3v) is 8.10. The van der Waals surface area contributed by atoms with Crippen LogP contribution in [0.2, 0.25) is 0 Å². The highest BCUT2D eigenvalue weighted by atomic mass is 19.4. The molecular weight excluding hydrogens is 565 g/mol. The number of aliphatic hydroxyl groups is 3. The van der Waals surface area contributed by atoms with Crippen LogP contribution < -0.4 is 16.0 Å². The summed E-state index contributed by atoms with van der Waals surface area (Å²) in [6.07, 6.45) is -6.59. The van der Waals surface area contributed by atoms with E-state index < -0.39 is 94.4 Å². The van der Waals surface area contributed by atoms with Crippen LogP contribution in [0.1, 0.15) is 34.3 Å². The number of hydrogen-bond donors (Lipinski definition) is 6. The minimum absolute atomic E-state index is 0.0241. The Bertz CT molecular complexity index is 1470. The number of anilines is 1. The van der Waals surface area contributed by atoms with Crippen molar-refractivity contribution in [2.75, 3.05) is 33.1 Å². The monoisotopic (exact) mass is 596 g/mol. The summed E-state index contributed by atoms with van der Waals surface area (Å²) in [6.45, 7) is -0.558. The number of phenolic OH excluding ortho intramolecular Hbond substituents is 1. The van der Waals surface area contributed by atoms with Crippen molar-refractivity contribution >= 4 is 29.1 Å². The molecule has 2 amide bonds. The number of benzene rings is 1. The maximum atomic E-state index is 13.9. The normalized spacial score (nSPS) is 25.7. The van der Waals surface area contributed by atoms with E-state index in [2.05, 4.69) is 5.32 Å². The van der Waals surface area contributed by atoms with Gasteiger partial charge in [0.1, 0.15) is 29.3 Å². The lowest BCUT2D eigenvalue weighted by molar-refractivity contribution is -0.154. The van der Waals surface area contributed by atoms with Gasteiger partial charge in [0.2, 0.25) is 11.7 Å². The molecule has 0 saturated heterocycles. The molecule has 12 nitrogen and oxygen atoms in total. The minimum atomic E-state index is -4.76. The maximum absolute atomic E-state index is 13.9. The van der Waals surface area contributed by atoms with Crippen molar-refractivity contribution in [2.24, 2.45) is 17.6 Å². The van der Waals surface area contributed by atoms with Gasteiger partial charge >= 0.3 is 6.18 Å². The number of likely N-dealkylation sites (N-methyl/N-ethyl adjacent to an activating group) is 1. The summed E-state index contributed by atoms with van der Waals surface area (Å²) in [6, 6.07) is 0.281. The molecule has 0 spiro atoms. The summed E-state index contributed by atoms with van der Waals surface area (Å²) in [7, 11) is 6.29. The Kier molecular flexibility index (Phi) is 7.57. The molecule has 3 aliphatic rings. The number of carbonyl (C=O) groups is 4. The number of Topliss-reactive ketones (excluding diaryl/α,β-unsaturated/α-hetero) is 2. The lowest BCUT2D eigenvalue weighted by Crippen LogP contribution is -2.63. The first-order valence-corrected chi connectivity index (χ1v) is 12.9. The Morgan fingerprint density at radius 1 is 1.14 bits per heavy atom. The number of nitrogens with zero attached hydrogens (tertiary/aromatic N) is 2. The highest BCUT2D eigenvalue weighted by Crippen LogP contribution is 2.53. The SMILES string of the molecule is CN(C)c1cc(CNC(=O)CC(F)(F)F)c(O)c2c1C[C@H]1C[C@H]3[C@H](N(C)C)C(O)=C(C(N)=O)C(=O)[C@@]3(O)C(O)=C1C2=O.